The summed E-state index contributed by atoms with van der Waals surface area (Å²) in [6.07, 6.45) is 0.911. The van der Waals surface area contributed by atoms with Crippen molar-refractivity contribution in [1.82, 2.24) is 5.32 Å². The molecule has 0 unspecified atom stereocenters. The molecule has 0 radical (unpaired) electrons. The Balaban J connectivity index is 2.38. The molecule has 0 saturated heterocycles. The lowest BCUT2D eigenvalue weighted by Gasteiger charge is -2.05. The van der Waals surface area contributed by atoms with Gasteiger partial charge in [0.15, 0.2) is 0 Å². The summed E-state index contributed by atoms with van der Waals surface area (Å²) in [5, 5.41) is 3.46. The number of nitrogens with one attached hydrogen (secondary N) is 1. The highest BCUT2D eigenvalue weighted by molar-refractivity contribution is 9.10. The number of rotatable bonds is 4. The smallest absolute Gasteiger partial charge is 0.254 e. The third-order valence-corrected chi connectivity index (χ3v) is 4.74. The maximum absolute atomic E-state index is 12.2. The average Bonchev–Trinajstić information content (AvgIpc) is 2.72. The van der Waals surface area contributed by atoms with Crippen molar-refractivity contribution in [3.8, 4) is 10.4 Å². The van der Waals surface area contributed by atoms with Crippen molar-refractivity contribution in [3.63, 3.8) is 0 Å². The van der Waals surface area contributed by atoms with Gasteiger partial charge >= 0.3 is 0 Å². The molecule has 0 aliphatic carbocycles. The summed E-state index contributed by atoms with van der Waals surface area (Å²) >= 11 is 4.89. The summed E-state index contributed by atoms with van der Waals surface area (Å²) < 4.78 is 1.03. The molecular formula is C15H17BrN2OS. The zero-order chi connectivity index (χ0) is 14.7. The lowest BCUT2D eigenvalue weighted by molar-refractivity contribution is 0.0954. The monoisotopic (exact) mass is 352 g/mol. The van der Waals surface area contributed by atoms with Crippen LogP contribution < -0.4 is 11.1 Å². The lowest BCUT2D eigenvalue weighted by atomic mass is 10.1. The van der Waals surface area contributed by atoms with Gasteiger partial charge in [-0.2, -0.15) is 0 Å². The second-order valence-corrected chi connectivity index (χ2v) is 6.53. The van der Waals surface area contributed by atoms with Crippen LogP contribution in [-0.4, -0.2) is 12.5 Å². The van der Waals surface area contributed by atoms with Crippen LogP contribution in [0.15, 0.2) is 28.7 Å². The van der Waals surface area contributed by atoms with Crippen LogP contribution in [-0.2, 0) is 0 Å². The zero-order valence-electron chi connectivity index (χ0n) is 11.5. The second kappa shape index (κ2) is 6.41. The van der Waals surface area contributed by atoms with Crippen LogP contribution in [0.5, 0.6) is 0 Å². The third-order valence-electron chi connectivity index (χ3n) is 3.04. The van der Waals surface area contributed by atoms with Gasteiger partial charge in [-0.1, -0.05) is 35.0 Å². The Kier molecular flexibility index (Phi) is 4.83. The molecule has 0 saturated carbocycles. The topological polar surface area (TPSA) is 55.1 Å². The van der Waals surface area contributed by atoms with Gasteiger partial charge in [-0.15, -0.1) is 11.3 Å². The fourth-order valence-electron chi connectivity index (χ4n) is 2.02. The Hall–Kier alpha value is -1.33. The number of nitrogens with two attached hydrogens (primary N) is 1. The number of carbonyl (C=O) groups is 1. The van der Waals surface area contributed by atoms with Gasteiger partial charge in [0, 0.05) is 15.9 Å². The molecule has 0 bridgehead atoms. The van der Waals surface area contributed by atoms with E-state index in [1.54, 1.807) is 0 Å². The maximum Gasteiger partial charge on any atom is 0.254 e. The quantitative estimate of drug-likeness (QED) is 0.865. The molecule has 1 aromatic carbocycles. The molecule has 0 spiro atoms. The fourth-order valence-corrected chi connectivity index (χ4v) is 3.36. The molecule has 2 rings (SSSR count). The molecule has 20 heavy (non-hydrogen) atoms. The lowest BCUT2D eigenvalue weighted by Crippen LogP contribution is -2.24. The van der Waals surface area contributed by atoms with Crippen molar-refractivity contribution in [3.05, 3.63) is 39.9 Å². The highest BCUT2D eigenvalue weighted by Gasteiger charge is 2.19. The number of hydrogen-bond donors (Lipinski definition) is 2. The Labute approximate surface area is 131 Å². The Morgan fingerprint density at radius 3 is 2.60 bits per heavy atom. The average molecular weight is 353 g/mol. The fraction of sp³-hybridized carbons (Fsp3) is 0.267. The highest BCUT2D eigenvalue weighted by atomic mass is 79.9. The number of thiophene rings is 1. The third kappa shape index (κ3) is 3.04. The minimum Gasteiger partial charge on any atom is -0.390 e. The van der Waals surface area contributed by atoms with E-state index in [2.05, 4.69) is 21.2 Å². The van der Waals surface area contributed by atoms with Crippen molar-refractivity contribution < 1.29 is 4.79 Å². The van der Waals surface area contributed by atoms with E-state index in [-0.39, 0.29) is 5.91 Å². The van der Waals surface area contributed by atoms with Crippen LogP contribution >= 0.6 is 27.3 Å². The van der Waals surface area contributed by atoms with E-state index in [0.717, 1.165) is 26.9 Å². The van der Waals surface area contributed by atoms with Crippen LogP contribution in [0.2, 0.25) is 0 Å². The number of halogens is 1. The van der Waals surface area contributed by atoms with E-state index in [0.29, 0.717) is 17.1 Å². The van der Waals surface area contributed by atoms with Gasteiger partial charge in [0.05, 0.1) is 10.6 Å². The molecule has 0 fully saturated rings. The summed E-state index contributed by atoms with van der Waals surface area (Å²) in [5.41, 5.74) is 8.67. The highest BCUT2D eigenvalue weighted by Crippen LogP contribution is 2.38. The van der Waals surface area contributed by atoms with Gasteiger partial charge in [0.2, 0.25) is 0 Å². The normalized spacial score (nSPS) is 10.6. The first-order chi connectivity index (χ1) is 9.54. The molecule has 2 aromatic rings. The molecule has 1 aromatic heterocycles. The number of anilines is 1. The van der Waals surface area contributed by atoms with Gasteiger partial charge in [0.1, 0.15) is 0 Å². The van der Waals surface area contributed by atoms with E-state index in [1.807, 2.05) is 38.1 Å². The zero-order valence-corrected chi connectivity index (χ0v) is 13.9. The Bertz CT molecular complexity index is 620. The minimum atomic E-state index is -0.0820. The first-order valence-electron chi connectivity index (χ1n) is 6.47. The number of nitrogen functional groups attached to an aromatic ring is 1. The van der Waals surface area contributed by atoms with Gasteiger partial charge in [0.25, 0.3) is 5.91 Å². The molecule has 1 amide bonds. The molecule has 1 heterocycles. The first-order valence-corrected chi connectivity index (χ1v) is 8.08. The molecular weight excluding hydrogens is 336 g/mol. The van der Waals surface area contributed by atoms with Crippen molar-refractivity contribution in [2.75, 3.05) is 12.3 Å². The van der Waals surface area contributed by atoms with Crippen molar-refractivity contribution in [1.29, 1.82) is 0 Å². The summed E-state index contributed by atoms with van der Waals surface area (Å²) in [5.74, 6) is -0.0820. The van der Waals surface area contributed by atoms with Crippen LogP contribution in [0.25, 0.3) is 10.4 Å². The van der Waals surface area contributed by atoms with Crippen LogP contribution in [0.4, 0.5) is 5.00 Å². The molecule has 3 nitrogen and oxygen atoms in total. The summed E-state index contributed by atoms with van der Waals surface area (Å²) in [4.78, 5) is 13.2. The van der Waals surface area contributed by atoms with Gasteiger partial charge in [-0.25, -0.2) is 0 Å². The largest absolute Gasteiger partial charge is 0.390 e. The molecule has 5 heteroatoms. The van der Waals surface area contributed by atoms with Crippen LogP contribution in [0, 0.1) is 6.92 Å². The number of amides is 1. The van der Waals surface area contributed by atoms with Gasteiger partial charge in [-0.3, -0.25) is 4.79 Å². The standard InChI is InChI=1S/C15H17BrN2OS/c1-3-8-18-15(19)12-9(2)13(20-14(12)17)10-4-6-11(16)7-5-10/h4-7H,3,8,17H2,1-2H3,(H,18,19). The molecule has 3 N–H and O–H groups in total. The molecule has 106 valence electrons. The maximum atomic E-state index is 12.2. The van der Waals surface area contributed by atoms with Gasteiger partial charge in [-0.05, 0) is 36.6 Å². The Morgan fingerprint density at radius 1 is 1.35 bits per heavy atom. The molecule has 0 atom stereocenters. The molecule has 0 aliphatic heterocycles. The predicted molar refractivity (Wildman–Crippen MR) is 89.2 cm³/mol. The van der Waals surface area contributed by atoms with E-state index in [9.17, 15) is 4.79 Å². The predicted octanol–water partition coefficient (Wildman–Crippen LogP) is 4.21. The second-order valence-electron chi connectivity index (χ2n) is 4.56. The number of hydrogen-bond acceptors (Lipinski definition) is 3. The summed E-state index contributed by atoms with van der Waals surface area (Å²) in [6, 6.07) is 8.02. The van der Waals surface area contributed by atoms with Crippen LogP contribution in [0.1, 0.15) is 29.3 Å². The van der Waals surface area contributed by atoms with E-state index in [1.165, 1.54) is 11.3 Å². The minimum absolute atomic E-state index is 0.0820. The Morgan fingerprint density at radius 2 is 2.00 bits per heavy atom. The van der Waals surface area contributed by atoms with E-state index in [4.69, 9.17) is 5.73 Å². The van der Waals surface area contributed by atoms with Crippen molar-refractivity contribution in [2.24, 2.45) is 0 Å². The van der Waals surface area contributed by atoms with Crippen LogP contribution in [0.3, 0.4) is 0 Å². The van der Waals surface area contributed by atoms with E-state index < -0.39 is 0 Å². The van der Waals surface area contributed by atoms with Gasteiger partial charge < -0.3 is 11.1 Å². The summed E-state index contributed by atoms with van der Waals surface area (Å²) in [7, 11) is 0. The molecule has 0 aliphatic rings. The summed E-state index contributed by atoms with van der Waals surface area (Å²) in [6.45, 7) is 4.64. The van der Waals surface area contributed by atoms with E-state index >= 15 is 0 Å². The van der Waals surface area contributed by atoms with Crippen molar-refractivity contribution in [2.45, 2.75) is 20.3 Å². The van der Waals surface area contributed by atoms with Crippen molar-refractivity contribution >= 4 is 38.2 Å². The number of benzene rings is 1. The SMILES string of the molecule is CCCNC(=O)c1c(N)sc(-c2ccc(Br)cc2)c1C. The number of carbonyl (C=O) groups excluding carboxylic acids is 1. The first kappa shape index (κ1) is 15.1.